The fourth-order valence-corrected chi connectivity index (χ4v) is 5.57. The van der Waals surface area contributed by atoms with Crippen LogP contribution < -0.4 is 5.32 Å². The number of nitrogens with zero attached hydrogens (tertiary/aromatic N) is 1. The molecule has 2 aliphatic heterocycles. The number of piperidine rings is 1. The van der Waals surface area contributed by atoms with Crippen LogP contribution in [0.25, 0.3) is 0 Å². The molecule has 0 spiro atoms. The number of sulfone groups is 1. The summed E-state index contributed by atoms with van der Waals surface area (Å²) in [6.45, 7) is 5.37. The Bertz CT molecular complexity index is 503. The number of nitrogens with one attached hydrogen (secondary N) is 1. The van der Waals surface area contributed by atoms with E-state index in [0.29, 0.717) is 37.8 Å². The van der Waals surface area contributed by atoms with Crippen LogP contribution in [0.1, 0.15) is 39.0 Å². The summed E-state index contributed by atoms with van der Waals surface area (Å²) >= 11 is 0. The molecule has 3 atom stereocenters. The first kappa shape index (κ1) is 19.7. The quantitative estimate of drug-likeness (QED) is 0.655. The Morgan fingerprint density at radius 3 is 2.75 bits per heavy atom. The predicted octanol–water partition coefficient (Wildman–Crippen LogP) is 1.06. The molecule has 24 heavy (non-hydrogen) atoms. The van der Waals surface area contributed by atoms with Crippen LogP contribution >= 0.6 is 0 Å². The van der Waals surface area contributed by atoms with E-state index in [4.69, 9.17) is 4.74 Å². The van der Waals surface area contributed by atoms with Crippen molar-refractivity contribution < 1.29 is 17.9 Å². The van der Waals surface area contributed by atoms with Gasteiger partial charge in [-0.2, -0.15) is 0 Å². The van der Waals surface area contributed by atoms with E-state index in [1.54, 1.807) is 7.11 Å². The van der Waals surface area contributed by atoms with Crippen molar-refractivity contribution in [3.05, 3.63) is 0 Å². The van der Waals surface area contributed by atoms with E-state index in [9.17, 15) is 13.2 Å². The normalized spacial score (nSPS) is 27.8. The highest BCUT2D eigenvalue weighted by Crippen LogP contribution is 2.25. The van der Waals surface area contributed by atoms with Gasteiger partial charge in [-0.15, -0.1) is 0 Å². The molecular formula is C17H32N2O4S. The number of carbonyl (C=O) groups excluding carboxylic acids is 1. The highest BCUT2D eigenvalue weighted by Gasteiger charge is 2.35. The summed E-state index contributed by atoms with van der Waals surface area (Å²) in [4.78, 5) is 14.7. The van der Waals surface area contributed by atoms with Gasteiger partial charge in [0.25, 0.3) is 0 Å². The van der Waals surface area contributed by atoms with E-state index < -0.39 is 9.84 Å². The van der Waals surface area contributed by atoms with Crippen molar-refractivity contribution in [3.8, 4) is 0 Å². The summed E-state index contributed by atoms with van der Waals surface area (Å²) < 4.78 is 28.7. The largest absolute Gasteiger partial charge is 0.385 e. The lowest BCUT2D eigenvalue weighted by molar-refractivity contribution is -0.134. The molecule has 1 N–H and O–H groups in total. The Morgan fingerprint density at radius 2 is 2.17 bits per heavy atom. The zero-order valence-corrected chi connectivity index (χ0v) is 15.8. The first-order valence-corrected chi connectivity index (χ1v) is 10.9. The molecule has 1 amide bonds. The van der Waals surface area contributed by atoms with Crippen LogP contribution in [-0.4, -0.2) is 70.1 Å². The molecule has 0 bridgehead atoms. The van der Waals surface area contributed by atoms with Crippen LogP contribution in [0.3, 0.4) is 0 Å². The second kappa shape index (κ2) is 9.15. The summed E-state index contributed by atoms with van der Waals surface area (Å²) in [5, 5.41) is 3.41. The van der Waals surface area contributed by atoms with E-state index in [1.165, 1.54) is 12.8 Å². The molecule has 2 heterocycles. The van der Waals surface area contributed by atoms with Gasteiger partial charge < -0.3 is 15.0 Å². The van der Waals surface area contributed by atoms with Gasteiger partial charge in [0.15, 0.2) is 9.84 Å². The molecule has 2 fully saturated rings. The van der Waals surface area contributed by atoms with Crippen molar-refractivity contribution in [1.82, 2.24) is 10.2 Å². The third-order valence-corrected chi connectivity index (χ3v) is 7.10. The fraction of sp³-hybridized carbons (Fsp3) is 0.941. The zero-order chi connectivity index (χ0) is 17.6. The number of amides is 1. The van der Waals surface area contributed by atoms with Gasteiger partial charge in [0.2, 0.25) is 5.91 Å². The predicted molar refractivity (Wildman–Crippen MR) is 94.6 cm³/mol. The smallest absolute Gasteiger partial charge is 0.223 e. The summed E-state index contributed by atoms with van der Waals surface area (Å²) in [5.74, 6) is 1.29. The van der Waals surface area contributed by atoms with E-state index in [2.05, 4.69) is 12.2 Å². The number of methoxy groups -OCH3 is 1. The van der Waals surface area contributed by atoms with Crippen molar-refractivity contribution >= 4 is 15.7 Å². The van der Waals surface area contributed by atoms with Crippen LogP contribution in [0.4, 0.5) is 0 Å². The molecule has 6 nitrogen and oxygen atoms in total. The fourth-order valence-electron chi connectivity index (χ4n) is 3.84. The number of hydrogen-bond donors (Lipinski definition) is 1. The van der Waals surface area contributed by atoms with Crippen molar-refractivity contribution in [1.29, 1.82) is 0 Å². The number of rotatable bonds is 8. The zero-order valence-electron chi connectivity index (χ0n) is 15.0. The molecule has 2 saturated heterocycles. The molecule has 140 valence electrons. The minimum Gasteiger partial charge on any atom is -0.385 e. The summed E-state index contributed by atoms with van der Waals surface area (Å²) in [5.41, 5.74) is 0. The third-order valence-electron chi connectivity index (χ3n) is 5.35. The molecular weight excluding hydrogens is 328 g/mol. The van der Waals surface area contributed by atoms with Gasteiger partial charge in [0.1, 0.15) is 0 Å². The Labute approximate surface area is 146 Å². The molecule has 7 heteroatoms. The minimum atomic E-state index is -2.99. The van der Waals surface area contributed by atoms with Crippen molar-refractivity contribution in [3.63, 3.8) is 0 Å². The summed E-state index contributed by atoms with van der Waals surface area (Å²) in [7, 11) is -1.35. The first-order valence-electron chi connectivity index (χ1n) is 9.12. The van der Waals surface area contributed by atoms with Crippen LogP contribution in [0.5, 0.6) is 0 Å². The van der Waals surface area contributed by atoms with Crippen LogP contribution in [0.15, 0.2) is 0 Å². The number of carbonyl (C=O) groups is 1. The Hall–Kier alpha value is -0.660. The van der Waals surface area contributed by atoms with Crippen molar-refractivity contribution in [2.75, 3.05) is 44.9 Å². The minimum absolute atomic E-state index is 0.103. The molecule has 2 aliphatic rings. The van der Waals surface area contributed by atoms with Gasteiger partial charge in [-0.1, -0.05) is 6.92 Å². The summed E-state index contributed by atoms with van der Waals surface area (Å²) in [6.07, 6.45) is 4.17. The summed E-state index contributed by atoms with van der Waals surface area (Å²) in [6, 6.07) is -0.156. The number of ether oxygens (including phenoxy) is 1. The highest BCUT2D eigenvalue weighted by molar-refractivity contribution is 7.91. The van der Waals surface area contributed by atoms with Crippen LogP contribution in [-0.2, 0) is 19.4 Å². The Kier molecular flexibility index (Phi) is 7.50. The van der Waals surface area contributed by atoms with Gasteiger partial charge in [-0.3, -0.25) is 4.79 Å². The monoisotopic (exact) mass is 360 g/mol. The second-order valence-corrected chi connectivity index (χ2v) is 9.51. The maximum Gasteiger partial charge on any atom is 0.223 e. The average Bonchev–Trinajstić information content (AvgIpc) is 2.92. The van der Waals surface area contributed by atoms with E-state index in [1.807, 2.05) is 4.90 Å². The molecule has 0 aliphatic carbocycles. The molecule has 0 radical (unpaired) electrons. The van der Waals surface area contributed by atoms with E-state index >= 15 is 0 Å². The Balaban J connectivity index is 1.95. The molecule has 0 aromatic rings. The van der Waals surface area contributed by atoms with Gasteiger partial charge in [0.05, 0.1) is 11.5 Å². The maximum atomic E-state index is 12.9. The van der Waals surface area contributed by atoms with Crippen LogP contribution in [0, 0.1) is 11.8 Å². The lowest BCUT2D eigenvalue weighted by Crippen LogP contribution is -2.43. The van der Waals surface area contributed by atoms with Crippen LogP contribution in [0.2, 0.25) is 0 Å². The van der Waals surface area contributed by atoms with Gasteiger partial charge in [0, 0.05) is 32.7 Å². The molecule has 0 aromatic carbocycles. The Morgan fingerprint density at radius 1 is 1.38 bits per heavy atom. The van der Waals surface area contributed by atoms with E-state index in [-0.39, 0.29) is 23.5 Å². The van der Waals surface area contributed by atoms with Gasteiger partial charge in [-0.25, -0.2) is 8.42 Å². The standard InChI is InChI=1S/C17H32N2O4S/c1-14(15-5-3-7-18-12-15)11-17(20)19(8-4-9-23-2)16-6-10-24(21,22)13-16/h14-16,18H,3-13H2,1-2H3. The van der Waals surface area contributed by atoms with E-state index in [0.717, 1.165) is 19.5 Å². The highest BCUT2D eigenvalue weighted by atomic mass is 32.2. The number of hydrogen-bond acceptors (Lipinski definition) is 5. The molecule has 0 aromatic heterocycles. The van der Waals surface area contributed by atoms with Gasteiger partial charge in [-0.05, 0) is 50.6 Å². The van der Waals surface area contributed by atoms with Gasteiger partial charge >= 0.3 is 0 Å². The maximum absolute atomic E-state index is 12.9. The molecule has 2 rings (SSSR count). The average molecular weight is 361 g/mol. The lowest BCUT2D eigenvalue weighted by atomic mass is 9.85. The lowest BCUT2D eigenvalue weighted by Gasteiger charge is -2.32. The second-order valence-electron chi connectivity index (χ2n) is 7.28. The molecule has 0 saturated carbocycles. The topological polar surface area (TPSA) is 75.7 Å². The molecule has 3 unspecified atom stereocenters. The van der Waals surface area contributed by atoms with Crippen molar-refractivity contribution in [2.45, 2.75) is 45.1 Å². The first-order chi connectivity index (χ1) is 11.4. The third kappa shape index (κ3) is 5.70. The van der Waals surface area contributed by atoms with Crippen molar-refractivity contribution in [2.24, 2.45) is 11.8 Å². The SMILES string of the molecule is COCCCN(C(=O)CC(C)C1CCCNC1)C1CCS(=O)(=O)C1.